The number of aryl methyl sites for hydroxylation is 2. The highest BCUT2D eigenvalue weighted by atomic mass is 31.0. The van der Waals surface area contributed by atoms with Gasteiger partial charge in [0.15, 0.2) is 11.6 Å². The summed E-state index contributed by atoms with van der Waals surface area (Å²) in [5.74, 6) is -1.08. The van der Waals surface area contributed by atoms with E-state index in [1.54, 1.807) is 4.90 Å². The minimum atomic E-state index is -4.66. The zero-order valence-electron chi connectivity index (χ0n) is 21.4. The highest BCUT2D eigenvalue weighted by Gasteiger charge is 2.34. The average molecular weight is 552 g/mol. The Morgan fingerprint density at radius 3 is 2.54 bits per heavy atom. The van der Waals surface area contributed by atoms with Gasteiger partial charge in [0.25, 0.3) is 0 Å². The summed E-state index contributed by atoms with van der Waals surface area (Å²) >= 11 is 0. The Morgan fingerprint density at radius 1 is 1.08 bits per heavy atom. The Hall–Kier alpha value is -3.71. The lowest BCUT2D eigenvalue weighted by molar-refractivity contribution is -0.138. The molecular formula is C29H26F4N5P. The second kappa shape index (κ2) is 9.49. The number of hydrogen-bond acceptors (Lipinski definition) is 3. The molecule has 1 atom stereocenters. The van der Waals surface area contributed by atoms with E-state index in [9.17, 15) is 17.6 Å². The van der Waals surface area contributed by atoms with E-state index in [1.165, 1.54) is 0 Å². The number of nitrogens with one attached hydrogen (secondary N) is 1. The van der Waals surface area contributed by atoms with Crippen LogP contribution < -0.4 is 4.90 Å². The number of aromatic amines is 1. The number of pyridine rings is 1. The molecule has 0 fully saturated rings. The third kappa shape index (κ3) is 4.39. The molecule has 200 valence electrons. The van der Waals surface area contributed by atoms with Crippen LogP contribution in [0.2, 0.25) is 0 Å². The van der Waals surface area contributed by atoms with E-state index in [4.69, 9.17) is 5.10 Å². The minimum Gasteiger partial charge on any atom is -0.361 e. The normalized spacial score (nSPS) is 13.8. The smallest absolute Gasteiger partial charge is 0.361 e. The summed E-state index contributed by atoms with van der Waals surface area (Å²) in [6, 6.07) is 12.9. The molecule has 1 aliphatic rings. The SMILES string of the molecule is Cc1cccc(C)c1-n1nc2c(c1-c1cc(CP)c3[nH]ccc3c1)CN(c1ncc(C(F)(F)F)cc1F)CC2. The van der Waals surface area contributed by atoms with Gasteiger partial charge in [-0.1, -0.05) is 18.2 Å². The van der Waals surface area contributed by atoms with E-state index in [0.29, 0.717) is 25.2 Å². The molecule has 0 saturated carbocycles. The topological polar surface area (TPSA) is 49.7 Å². The molecule has 5 aromatic rings. The van der Waals surface area contributed by atoms with Crippen molar-refractivity contribution in [3.05, 3.63) is 94.2 Å². The molecule has 0 bridgehead atoms. The fourth-order valence-electron chi connectivity index (χ4n) is 5.52. The molecule has 0 radical (unpaired) electrons. The van der Waals surface area contributed by atoms with Crippen molar-refractivity contribution in [1.29, 1.82) is 0 Å². The lowest BCUT2D eigenvalue weighted by atomic mass is 9.97. The summed E-state index contributed by atoms with van der Waals surface area (Å²) in [7, 11) is 2.78. The second-order valence-corrected chi connectivity index (χ2v) is 10.3. The summed E-state index contributed by atoms with van der Waals surface area (Å²) in [6.45, 7) is 4.75. The number of alkyl halides is 3. The van der Waals surface area contributed by atoms with E-state index >= 15 is 0 Å². The first-order valence-electron chi connectivity index (χ1n) is 12.6. The first-order valence-corrected chi connectivity index (χ1v) is 13.4. The highest BCUT2D eigenvalue weighted by molar-refractivity contribution is 7.15. The summed E-state index contributed by atoms with van der Waals surface area (Å²) in [4.78, 5) is 8.91. The standard InChI is InChI=1S/C29H26F4N5P/c1-16-4-3-5-17(2)26(16)38-27(19-10-18-6-8-34-25(18)20(11-19)15-39)22-14-37(9-7-24(22)36-38)28-23(30)12-21(13-35-28)29(31,32)33/h3-6,8,10-13,34H,7,9,14-15,39H2,1-2H3. The van der Waals surface area contributed by atoms with Gasteiger partial charge in [0.2, 0.25) is 0 Å². The monoisotopic (exact) mass is 551 g/mol. The molecule has 10 heteroatoms. The Morgan fingerprint density at radius 2 is 1.85 bits per heavy atom. The van der Waals surface area contributed by atoms with Gasteiger partial charge in [0.05, 0.1) is 22.6 Å². The molecule has 5 nitrogen and oxygen atoms in total. The molecule has 2 aromatic carbocycles. The van der Waals surface area contributed by atoms with Crippen molar-refractivity contribution in [2.45, 2.75) is 39.2 Å². The van der Waals surface area contributed by atoms with Crippen molar-refractivity contribution in [3.8, 4) is 16.9 Å². The van der Waals surface area contributed by atoms with Crippen LogP contribution in [0.3, 0.4) is 0 Å². The van der Waals surface area contributed by atoms with Gasteiger partial charge < -0.3 is 9.88 Å². The molecule has 1 N–H and O–H groups in total. The van der Waals surface area contributed by atoms with Crippen LogP contribution in [-0.4, -0.2) is 26.3 Å². The molecule has 1 aliphatic heterocycles. The average Bonchev–Trinajstić information content (AvgIpc) is 3.51. The summed E-state index contributed by atoms with van der Waals surface area (Å²) in [6.07, 6.45) is -0.798. The number of H-pyrrole nitrogens is 1. The fourth-order valence-corrected chi connectivity index (χ4v) is 5.84. The maximum Gasteiger partial charge on any atom is 0.417 e. The maximum absolute atomic E-state index is 14.9. The molecule has 0 amide bonds. The Balaban J connectivity index is 1.53. The van der Waals surface area contributed by atoms with Crippen LogP contribution in [0.4, 0.5) is 23.4 Å². The number of halogens is 4. The van der Waals surface area contributed by atoms with Crippen LogP contribution in [0, 0.1) is 19.7 Å². The molecule has 0 spiro atoms. The van der Waals surface area contributed by atoms with E-state index in [1.807, 2.05) is 49.0 Å². The molecular weight excluding hydrogens is 525 g/mol. The number of anilines is 1. The van der Waals surface area contributed by atoms with Crippen LogP contribution in [0.15, 0.2) is 54.9 Å². The van der Waals surface area contributed by atoms with Gasteiger partial charge in [0.1, 0.15) is 0 Å². The third-order valence-corrected chi connectivity index (χ3v) is 7.81. The summed E-state index contributed by atoms with van der Waals surface area (Å²) in [5.41, 5.74) is 7.87. The van der Waals surface area contributed by atoms with Gasteiger partial charge in [-0.05, 0) is 61.0 Å². The first kappa shape index (κ1) is 25.6. The van der Waals surface area contributed by atoms with Gasteiger partial charge in [-0.3, -0.25) is 0 Å². The van der Waals surface area contributed by atoms with Crippen LogP contribution in [0.5, 0.6) is 0 Å². The molecule has 6 rings (SSSR count). The van der Waals surface area contributed by atoms with E-state index in [2.05, 4.69) is 31.3 Å². The number of aromatic nitrogens is 4. The van der Waals surface area contributed by atoms with E-state index < -0.39 is 17.6 Å². The highest BCUT2D eigenvalue weighted by Crippen LogP contribution is 2.38. The predicted octanol–water partition coefficient (Wildman–Crippen LogP) is 7.13. The number of nitrogens with zero attached hydrogens (tertiary/aromatic N) is 4. The van der Waals surface area contributed by atoms with Crippen LogP contribution in [0.25, 0.3) is 27.8 Å². The molecule has 1 unspecified atom stereocenters. The predicted molar refractivity (Wildman–Crippen MR) is 148 cm³/mol. The van der Waals surface area contributed by atoms with E-state index in [-0.39, 0.29) is 12.4 Å². The van der Waals surface area contributed by atoms with Gasteiger partial charge in [0, 0.05) is 53.9 Å². The van der Waals surface area contributed by atoms with Gasteiger partial charge >= 0.3 is 6.18 Å². The van der Waals surface area contributed by atoms with Crippen LogP contribution >= 0.6 is 9.24 Å². The van der Waals surface area contributed by atoms with Crippen LogP contribution in [-0.2, 0) is 25.3 Å². The first-order chi connectivity index (χ1) is 18.7. The van der Waals surface area contributed by atoms with Crippen molar-refractivity contribution >= 4 is 26.0 Å². The number of hydrogen-bond donors (Lipinski definition) is 1. The minimum absolute atomic E-state index is 0.0915. The van der Waals surface area contributed by atoms with Crippen molar-refractivity contribution in [2.75, 3.05) is 11.4 Å². The number of benzene rings is 2. The second-order valence-electron chi connectivity index (χ2n) is 9.91. The fraction of sp³-hybridized carbons (Fsp3) is 0.241. The van der Waals surface area contributed by atoms with Crippen LogP contribution in [0.1, 0.15) is 33.5 Å². The van der Waals surface area contributed by atoms with Crippen molar-refractivity contribution in [2.24, 2.45) is 0 Å². The molecule has 3 aromatic heterocycles. The van der Waals surface area contributed by atoms with Crippen molar-refractivity contribution in [3.63, 3.8) is 0 Å². The summed E-state index contributed by atoms with van der Waals surface area (Å²) in [5, 5.41) is 6.12. The largest absolute Gasteiger partial charge is 0.417 e. The Labute approximate surface area is 225 Å². The van der Waals surface area contributed by atoms with Crippen molar-refractivity contribution in [1.82, 2.24) is 19.7 Å². The van der Waals surface area contributed by atoms with Gasteiger partial charge in [-0.15, -0.1) is 9.24 Å². The maximum atomic E-state index is 14.9. The zero-order valence-corrected chi connectivity index (χ0v) is 22.6. The number of para-hydroxylation sites is 1. The Bertz CT molecular complexity index is 1700. The molecule has 0 aliphatic carbocycles. The molecule has 0 saturated heterocycles. The van der Waals surface area contributed by atoms with Crippen molar-refractivity contribution < 1.29 is 17.6 Å². The Kier molecular flexibility index (Phi) is 6.22. The number of rotatable bonds is 4. The van der Waals surface area contributed by atoms with E-state index in [0.717, 1.165) is 62.0 Å². The van der Waals surface area contributed by atoms with Gasteiger partial charge in [-0.2, -0.15) is 18.3 Å². The lowest BCUT2D eigenvalue weighted by Crippen LogP contribution is -2.32. The third-order valence-electron chi connectivity index (χ3n) is 7.37. The quantitative estimate of drug-likeness (QED) is 0.191. The molecule has 4 heterocycles. The zero-order chi connectivity index (χ0) is 27.5. The van der Waals surface area contributed by atoms with Gasteiger partial charge in [-0.25, -0.2) is 14.1 Å². The lowest BCUT2D eigenvalue weighted by Gasteiger charge is -2.28. The summed E-state index contributed by atoms with van der Waals surface area (Å²) < 4.78 is 56.3. The number of fused-ring (bicyclic) bond motifs is 2. The molecule has 39 heavy (non-hydrogen) atoms.